The van der Waals surface area contributed by atoms with Gasteiger partial charge < -0.3 is 15.5 Å². The largest absolute Gasteiger partial charge is 0.352 e. The number of carbonyl (C=O) groups is 1. The highest BCUT2D eigenvalue weighted by molar-refractivity contribution is 5.87. The molecule has 1 aliphatic heterocycles. The molecular weight excluding hydrogens is 413 g/mol. The quantitative estimate of drug-likeness (QED) is 0.759. The molecule has 2 aromatic rings. The predicted molar refractivity (Wildman–Crippen MR) is 117 cm³/mol. The number of nitrogens with two attached hydrogens (primary N) is 1. The van der Waals surface area contributed by atoms with Gasteiger partial charge in [-0.2, -0.15) is 5.10 Å². The van der Waals surface area contributed by atoms with Crippen LogP contribution >= 0.6 is 24.8 Å². The average Bonchev–Trinajstić information content (AvgIpc) is 3.36. The molecule has 1 amide bonds. The maximum atomic E-state index is 13.1. The van der Waals surface area contributed by atoms with Gasteiger partial charge in [-0.25, -0.2) is 9.97 Å². The standard InChI is InChI=1S/C19H27N7O.2ClH/c1-11-22-17-14(10-21-24(17)2)18(23-11)25-5-7-26(8-6-25)19(27)15-12-3-4-13(9-12)16(15)20;;/h10,12-13,15-16H,3-9,20H2,1-2H3;2*1H. The molecule has 2 bridgehead atoms. The smallest absolute Gasteiger partial charge is 0.227 e. The summed E-state index contributed by atoms with van der Waals surface area (Å²) in [5, 5.41) is 5.30. The molecule has 3 aliphatic rings. The van der Waals surface area contributed by atoms with Crippen molar-refractivity contribution >= 4 is 47.6 Å². The van der Waals surface area contributed by atoms with Crippen molar-refractivity contribution in [3.63, 3.8) is 0 Å². The van der Waals surface area contributed by atoms with Crippen molar-refractivity contribution in [2.75, 3.05) is 31.1 Å². The molecule has 0 radical (unpaired) electrons. The molecule has 5 rings (SSSR count). The van der Waals surface area contributed by atoms with Crippen LogP contribution in [0, 0.1) is 24.7 Å². The van der Waals surface area contributed by atoms with E-state index in [2.05, 4.69) is 20.0 Å². The summed E-state index contributed by atoms with van der Waals surface area (Å²) in [6.45, 7) is 4.92. The van der Waals surface area contributed by atoms with Gasteiger partial charge in [0.25, 0.3) is 0 Å². The van der Waals surface area contributed by atoms with Crippen LogP contribution in [0.25, 0.3) is 11.0 Å². The fourth-order valence-electron chi connectivity index (χ4n) is 5.41. The van der Waals surface area contributed by atoms with Crippen LogP contribution in [0.15, 0.2) is 6.20 Å². The molecule has 4 unspecified atom stereocenters. The van der Waals surface area contributed by atoms with Gasteiger partial charge in [0.15, 0.2) is 5.65 Å². The van der Waals surface area contributed by atoms with E-state index < -0.39 is 0 Å². The second kappa shape index (κ2) is 8.24. The summed E-state index contributed by atoms with van der Waals surface area (Å²) in [4.78, 5) is 26.5. The molecule has 2 saturated carbocycles. The van der Waals surface area contributed by atoms with Crippen molar-refractivity contribution in [2.24, 2.45) is 30.5 Å². The van der Waals surface area contributed by atoms with Gasteiger partial charge in [0, 0.05) is 39.3 Å². The first-order valence-corrected chi connectivity index (χ1v) is 9.98. The third-order valence-electron chi connectivity index (χ3n) is 6.84. The maximum absolute atomic E-state index is 13.1. The van der Waals surface area contributed by atoms with Crippen molar-refractivity contribution in [3.8, 4) is 0 Å². The van der Waals surface area contributed by atoms with E-state index in [0.29, 0.717) is 11.8 Å². The van der Waals surface area contributed by atoms with Crippen LogP contribution in [-0.2, 0) is 11.8 Å². The average molecular weight is 442 g/mol. The highest BCUT2D eigenvalue weighted by Gasteiger charge is 2.50. The maximum Gasteiger partial charge on any atom is 0.227 e. The number of nitrogens with zero attached hydrogens (tertiary/aromatic N) is 6. The molecule has 29 heavy (non-hydrogen) atoms. The molecular formula is C19H29Cl2N7O. The summed E-state index contributed by atoms with van der Waals surface area (Å²) in [5.41, 5.74) is 7.24. The topological polar surface area (TPSA) is 93.2 Å². The predicted octanol–water partition coefficient (Wildman–Crippen LogP) is 1.54. The molecule has 2 aromatic heterocycles. The fraction of sp³-hybridized carbons (Fsp3) is 0.684. The lowest BCUT2D eigenvalue weighted by Gasteiger charge is -2.39. The molecule has 10 heteroatoms. The van der Waals surface area contributed by atoms with E-state index in [9.17, 15) is 4.79 Å². The Bertz CT molecular complexity index is 894. The SMILES string of the molecule is Cc1nc(N2CCN(C(=O)C3C4CCC(C4)C3N)CC2)c2cnn(C)c2n1.Cl.Cl. The molecule has 8 nitrogen and oxygen atoms in total. The number of hydrogen-bond acceptors (Lipinski definition) is 6. The molecule has 0 aromatic carbocycles. The Hall–Kier alpha value is -1.64. The number of rotatable bonds is 2. The highest BCUT2D eigenvalue weighted by atomic mass is 35.5. The first-order valence-electron chi connectivity index (χ1n) is 9.98. The monoisotopic (exact) mass is 441 g/mol. The molecule has 2 aliphatic carbocycles. The number of hydrogen-bond donors (Lipinski definition) is 1. The van der Waals surface area contributed by atoms with E-state index in [1.54, 1.807) is 4.68 Å². The molecule has 4 atom stereocenters. The van der Waals surface area contributed by atoms with Gasteiger partial charge in [-0.3, -0.25) is 9.48 Å². The molecule has 1 saturated heterocycles. The summed E-state index contributed by atoms with van der Waals surface area (Å²) in [6, 6.07) is 0.0637. The second-order valence-corrected chi connectivity index (χ2v) is 8.35. The van der Waals surface area contributed by atoms with Gasteiger partial charge in [-0.1, -0.05) is 0 Å². The Labute approximate surface area is 183 Å². The zero-order valence-corrected chi connectivity index (χ0v) is 18.5. The van der Waals surface area contributed by atoms with Gasteiger partial charge in [-0.15, -0.1) is 24.8 Å². The van der Waals surface area contributed by atoms with E-state index in [1.165, 1.54) is 12.8 Å². The van der Waals surface area contributed by atoms with Crippen molar-refractivity contribution < 1.29 is 4.79 Å². The normalized spacial score (nSPS) is 28.4. The Morgan fingerprint density at radius 2 is 1.79 bits per heavy atom. The van der Waals surface area contributed by atoms with Gasteiger partial charge in [-0.05, 0) is 38.0 Å². The lowest BCUT2D eigenvalue weighted by molar-refractivity contribution is -0.138. The summed E-state index contributed by atoms with van der Waals surface area (Å²) >= 11 is 0. The zero-order chi connectivity index (χ0) is 18.7. The summed E-state index contributed by atoms with van der Waals surface area (Å²) in [5.74, 6) is 3.06. The van der Waals surface area contributed by atoms with Crippen LogP contribution in [0.3, 0.4) is 0 Å². The van der Waals surface area contributed by atoms with Crippen LogP contribution in [0.1, 0.15) is 25.1 Å². The number of carbonyl (C=O) groups excluding carboxylic acids is 1. The van der Waals surface area contributed by atoms with Gasteiger partial charge in [0.1, 0.15) is 11.6 Å². The molecule has 3 heterocycles. The minimum Gasteiger partial charge on any atom is -0.352 e. The number of halogens is 2. The lowest BCUT2D eigenvalue weighted by Crippen LogP contribution is -2.54. The van der Waals surface area contributed by atoms with Crippen LogP contribution in [0.4, 0.5) is 5.82 Å². The first kappa shape index (κ1) is 22.1. The molecule has 2 N–H and O–H groups in total. The molecule has 0 spiro atoms. The van der Waals surface area contributed by atoms with Crippen molar-refractivity contribution in [3.05, 3.63) is 12.0 Å². The number of piperazine rings is 1. The first-order chi connectivity index (χ1) is 13.0. The van der Waals surface area contributed by atoms with E-state index >= 15 is 0 Å². The number of anilines is 1. The minimum atomic E-state index is 0. The minimum absolute atomic E-state index is 0. The third kappa shape index (κ3) is 3.55. The Morgan fingerprint density at radius 3 is 2.45 bits per heavy atom. The molecule has 160 valence electrons. The van der Waals surface area contributed by atoms with E-state index in [4.69, 9.17) is 5.73 Å². The molecule has 3 fully saturated rings. The van der Waals surface area contributed by atoms with Gasteiger partial charge in [0.05, 0.1) is 17.5 Å². The van der Waals surface area contributed by atoms with E-state index in [0.717, 1.165) is 55.3 Å². The van der Waals surface area contributed by atoms with Crippen LogP contribution in [-0.4, -0.2) is 62.8 Å². The zero-order valence-electron chi connectivity index (χ0n) is 16.8. The number of amides is 1. The lowest BCUT2D eigenvalue weighted by atomic mass is 9.84. The number of aromatic nitrogens is 4. The summed E-state index contributed by atoms with van der Waals surface area (Å²) in [6.07, 6.45) is 5.36. The second-order valence-electron chi connectivity index (χ2n) is 8.35. The van der Waals surface area contributed by atoms with Crippen LogP contribution < -0.4 is 10.6 Å². The van der Waals surface area contributed by atoms with Crippen LogP contribution in [0.2, 0.25) is 0 Å². The number of fused-ring (bicyclic) bond motifs is 3. The van der Waals surface area contributed by atoms with Crippen LogP contribution in [0.5, 0.6) is 0 Å². The van der Waals surface area contributed by atoms with E-state index in [1.807, 2.05) is 25.1 Å². The number of aryl methyl sites for hydroxylation is 2. The van der Waals surface area contributed by atoms with Crippen molar-refractivity contribution in [2.45, 2.75) is 32.2 Å². The van der Waals surface area contributed by atoms with Crippen molar-refractivity contribution in [1.82, 2.24) is 24.6 Å². The Balaban J connectivity index is 0.00000120. The van der Waals surface area contributed by atoms with Gasteiger partial charge >= 0.3 is 0 Å². The van der Waals surface area contributed by atoms with Gasteiger partial charge in [0.2, 0.25) is 5.91 Å². The highest BCUT2D eigenvalue weighted by Crippen LogP contribution is 2.48. The Morgan fingerprint density at radius 1 is 1.10 bits per heavy atom. The summed E-state index contributed by atoms with van der Waals surface area (Å²) in [7, 11) is 1.90. The van der Waals surface area contributed by atoms with Crippen molar-refractivity contribution in [1.29, 1.82) is 0 Å². The Kier molecular flexibility index (Phi) is 6.27. The summed E-state index contributed by atoms with van der Waals surface area (Å²) < 4.78 is 1.78. The third-order valence-corrected chi connectivity index (χ3v) is 6.84. The van der Waals surface area contributed by atoms with E-state index in [-0.39, 0.29) is 42.7 Å². The fourth-order valence-corrected chi connectivity index (χ4v) is 5.41.